The van der Waals surface area contributed by atoms with Crippen LogP contribution in [0.3, 0.4) is 0 Å². The van der Waals surface area contributed by atoms with Crippen LogP contribution >= 0.6 is 23.8 Å². The fraction of sp³-hybridized carbons (Fsp3) is 0. The first-order valence-electron chi connectivity index (χ1n) is 1.17. The average molecular weight is 121 g/mol. The van der Waals surface area contributed by atoms with Gasteiger partial charge < -0.3 is 0 Å². The zero-order valence-corrected chi connectivity index (χ0v) is 4.34. The van der Waals surface area contributed by atoms with Crippen LogP contribution in [0.25, 0.3) is 0 Å². The van der Waals surface area contributed by atoms with Crippen LogP contribution in [0, 0.1) is 0 Å². The standard InChI is InChI=1S/C3HClOS/c4-3(5)1-2-6/h1H. The molecule has 0 spiro atoms. The first-order chi connectivity index (χ1) is 2.77. The van der Waals surface area contributed by atoms with Crippen LogP contribution in [0.4, 0.5) is 0 Å². The summed E-state index contributed by atoms with van der Waals surface area (Å²) in [6.07, 6.45) is 0.983. The molecule has 0 rings (SSSR count). The zero-order valence-electron chi connectivity index (χ0n) is 2.77. The van der Waals surface area contributed by atoms with E-state index in [4.69, 9.17) is 11.6 Å². The number of carbonyl (C=O) groups excluding carboxylic acids is 1. The van der Waals surface area contributed by atoms with Gasteiger partial charge in [0.25, 0.3) is 5.24 Å². The normalized spacial score (nSPS) is 6.17. The number of halogens is 1. The lowest BCUT2D eigenvalue weighted by Crippen LogP contribution is -1.71. The van der Waals surface area contributed by atoms with Crippen molar-refractivity contribution in [3.05, 3.63) is 6.08 Å². The molecule has 6 heavy (non-hydrogen) atoms. The van der Waals surface area contributed by atoms with Gasteiger partial charge in [-0.1, -0.05) is 0 Å². The molecule has 0 aliphatic heterocycles. The van der Waals surface area contributed by atoms with E-state index in [1.165, 1.54) is 0 Å². The Bertz CT molecular complexity index is 103. The molecule has 0 heterocycles. The SMILES string of the molecule is O=C(Cl)C=C=S. The van der Waals surface area contributed by atoms with Crippen molar-refractivity contribution in [2.45, 2.75) is 0 Å². The van der Waals surface area contributed by atoms with Crippen LogP contribution < -0.4 is 0 Å². The minimum atomic E-state index is -0.579. The van der Waals surface area contributed by atoms with Crippen molar-refractivity contribution in [2.75, 3.05) is 0 Å². The topological polar surface area (TPSA) is 17.1 Å². The summed E-state index contributed by atoms with van der Waals surface area (Å²) < 4.78 is 0. The first kappa shape index (κ1) is 5.83. The van der Waals surface area contributed by atoms with Crippen molar-refractivity contribution in [3.8, 4) is 0 Å². The molecule has 0 amide bonds. The Morgan fingerprint density at radius 2 is 2.50 bits per heavy atom. The van der Waals surface area contributed by atoms with Crippen molar-refractivity contribution in [1.82, 2.24) is 0 Å². The molecule has 0 unspecified atom stereocenters. The van der Waals surface area contributed by atoms with Crippen LogP contribution in [0.1, 0.15) is 0 Å². The summed E-state index contributed by atoms with van der Waals surface area (Å²) in [7, 11) is 0. The summed E-state index contributed by atoms with van der Waals surface area (Å²) in [4.78, 5) is 9.62. The quantitative estimate of drug-likeness (QED) is 0.291. The van der Waals surface area contributed by atoms with Crippen molar-refractivity contribution in [3.63, 3.8) is 0 Å². The maximum Gasteiger partial charge on any atom is 0.253 e. The van der Waals surface area contributed by atoms with Gasteiger partial charge in [0.05, 0.1) is 6.08 Å². The molecule has 0 aliphatic carbocycles. The maximum atomic E-state index is 9.62. The second kappa shape index (κ2) is 3.04. The first-order valence-corrected chi connectivity index (χ1v) is 1.96. The monoisotopic (exact) mass is 120 g/mol. The second-order valence-corrected chi connectivity index (χ2v) is 1.17. The molecule has 0 saturated carbocycles. The number of thiocarbonyl (C=S) groups is 1. The fourth-order valence-electron chi connectivity index (χ4n) is 0.0463. The average Bonchev–Trinajstić information content (AvgIpc) is 1.35. The summed E-state index contributed by atoms with van der Waals surface area (Å²) in [5.74, 6) is 0. The van der Waals surface area contributed by atoms with Crippen molar-refractivity contribution < 1.29 is 4.79 Å². The van der Waals surface area contributed by atoms with Gasteiger partial charge in [0.2, 0.25) is 0 Å². The molecule has 0 saturated heterocycles. The Morgan fingerprint density at radius 1 is 2.00 bits per heavy atom. The van der Waals surface area contributed by atoms with Crippen molar-refractivity contribution in [1.29, 1.82) is 0 Å². The fourth-order valence-corrected chi connectivity index (χ4v) is 0.273. The lowest BCUT2D eigenvalue weighted by molar-refractivity contribution is -0.107. The number of hydrogen-bond acceptors (Lipinski definition) is 2. The van der Waals surface area contributed by atoms with Crippen LogP contribution in [0.15, 0.2) is 6.08 Å². The zero-order chi connectivity index (χ0) is 4.99. The highest BCUT2D eigenvalue weighted by Crippen LogP contribution is 1.74. The Balaban J connectivity index is 3.60. The molecule has 0 radical (unpaired) electrons. The van der Waals surface area contributed by atoms with E-state index in [1.54, 1.807) is 0 Å². The molecule has 1 nitrogen and oxygen atoms in total. The highest BCUT2D eigenvalue weighted by molar-refractivity contribution is 7.78. The van der Waals surface area contributed by atoms with Crippen molar-refractivity contribution in [2.24, 2.45) is 0 Å². The molecular formula is C3HClOS. The van der Waals surface area contributed by atoms with Crippen LogP contribution in [-0.4, -0.2) is 10.3 Å². The molecular weight excluding hydrogens is 120 g/mol. The lowest BCUT2D eigenvalue weighted by Gasteiger charge is -1.59. The van der Waals surface area contributed by atoms with Gasteiger partial charge in [-0.05, 0) is 28.8 Å². The number of hydrogen-bond donors (Lipinski definition) is 0. The number of allylic oxidation sites excluding steroid dienone is 1. The smallest absolute Gasteiger partial charge is 0.253 e. The summed E-state index contributed by atoms with van der Waals surface area (Å²) in [6, 6.07) is 0. The molecule has 3 heteroatoms. The van der Waals surface area contributed by atoms with Gasteiger partial charge in [-0.2, -0.15) is 0 Å². The Kier molecular flexibility index (Phi) is 2.95. The van der Waals surface area contributed by atoms with E-state index in [0.29, 0.717) is 0 Å². The molecule has 0 aliphatic rings. The van der Waals surface area contributed by atoms with Crippen molar-refractivity contribution >= 4 is 34.1 Å². The van der Waals surface area contributed by atoms with Gasteiger partial charge >= 0.3 is 0 Å². The third-order valence-corrected chi connectivity index (χ3v) is 0.399. The predicted molar refractivity (Wildman–Crippen MR) is 28.0 cm³/mol. The molecule has 0 N–H and O–H groups in total. The van der Waals surface area contributed by atoms with Gasteiger partial charge in [-0.25, -0.2) is 0 Å². The predicted octanol–water partition coefficient (Wildman–Crippen LogP) is 0.907. The van der Waals surface area contributed by atoms with Gasteiger partial charge in [-0.15, -0.1) is 0 Å². The largest absolute Gasteiger partial charge is 0.276 e. The Labute approximate surface area is 45.6 Å². The Morgan fingerprint density at radius 3 is 2.50 bits per heavy atom. The molecule has 0 atom stereocenters. The molecule has 0 aromatic heterocycles. The third kappa shape index (κ3) is 3.83. The summed E-state index contributed by atoms with van der Waals surface area (Å²) in [6.45, 7) is 0. The summed E-state index contributed by atoms with van der Waals surface area (Å²) in [5.41, 5.74) is 0. The van der Waals surface area contributed by atoms with Crippen LogP contribution in [0.2, 0.25) is 0 Å². The van der Waals surface area contributed by atoms with Gasteiger partial charge in [0.1, 0.15) is 0 Å². The lowest BCUT2D eigenvalue weighted by atomic mass is 10.7. The number of carbonyl (C=O) groups is 1. The van der Waals surface area contributed by atoms with Crippen LogP contribution in [0.5, 0.6) is 0 Å². The van der Waals surface area contributed by atoms with E-state index in [0.717, 1.165) is 6.08 Å². The molecule has 0 fully saturated rings. The molecule has 0 aromatic rings. The maximum absolute atomic E-state index is 9.62. The van der Waals surface area contributed by atoms with Gasteiger partial charge in [-0.3, -0.25) is 4.79 Å². The third-order valence-electron chi connectivity index (χ3n) is 0.172. The van der Waals surface area contributed by atoms with Gasteiger partial charge in [0.15, 0.2) is 0 Å². The Hall–Kier alpha value is -0.170. The van der Waals surface area contributed by atoms with E-state index < -0.39 is 5.24 Å². The summed E-state index contributed by atoms with van der Waals surface area (Å²) >= 11 is 8.87. The highest BCUT2D eigenvalue weighted by Gasteiger charge is 1.77. The van der Waals surface area contributed by atoms with E-state index >= 15 is 0 Å². The van der Waals surface area contributed by atoms with Crippen LogP contribution in [-0.2, 0) is 4.79 Å². The molecule has 0 bridgehead atoms. The molecule has 0 aromatic carbocycles. The summed E-state index contributed by atoms with van der Waals surface area (Å²) in [5, 5.41) is 1.47. The number of rotatable bonds is 1. The minimum absolute atomic E-state index is 0.579. The van der Waals surface area contributed by atoms with E-state index in [2.05, 4.69) is 12.2 Å². The second-order valence-electron chi connectivity index (χ2n) is 0.566. The van der Waals surface area contributed by atoms with E-state index in [1.807, 2.05) is 5.02 Å². The molecule has 32 valence electrons. The van der Waals surface area contributed by atoms with E-state index in [-0.39, 0.29) is 0 Å². The minimum Gasteiger partial charge on any atom is -0.276 e. The van der Waals surface area contributed by atoms with Gasteiger partial charge in [0, 0.05) is 0 Å². The highest BCUT2D eigenvalue weighted by atomic mass is 35.5. The van der Waals surface area contributed by atoms with E-state index in [9.17, 15) is 4.79 Å².